The van der Waals surface area contributed by atoms with Gasteiger partial charge in [-0.3, -0.25) is 0 Å². The highest BCUT2D eigenvalue weighted by molar-refractivity contribution is 5.93. The normalized spacial score (nSPS) is 16.5. The first kappa shape index (κ1) is 39.4. The van der Waals surface area contributed by atoms with Crippen LogP contribution in [0.2, 0.25) is 0 Å². The predicted molar refractivity (Wildman–Crippen MR) is 278 cm³/mol. The second-order valence-electron chi connectivity index (χ2n) is 19.6. The monoisotopic (exact) mass is 859 g/mol. The van der Waals surface area contributed by atoms with Crippen molar-refractivity contribution < 1.29 is 4.74 Å². The van der Waals surface area contributed by atoms with Crippen LogP contribution in [0.5, 0.6) is 11.5 Å². The molecule has 10 aromatic carbocycles. The fraction of sp³-hybridized carbons (Fsp3) is 0.108. The van der Waals surface area contributed by atoms with Crippen molar-refractivity contribution in [1.29, 1.82) is 0 Å². The summed E-state index contributed by atoms with van der Waals surface area (Å²) >= 11 is 0. The summed E-state index contributed by atoms with van der Waals surface area (Å²) in [4.78, 5) is 2.40. The number of anilines is 3. The Balaban J connectivity index is 0.980. The first-order valence-electron chi connectivity index (χ1n) is 23.6. The van der Waals surface area contributed by atoms with Gasteiger partial charge in [-0.25, -0.2) is 0 Å². The van der Waals surface area contributed by atoms with E-state index in [1.165, 1.54) is 72.0 Å². The molecule has 10 aromatic rings. The molecule has 0 N–H and O–H groups in total. The molecule has 0 radical (unpaired) electrons. The lowest BCUT2D eigenvalue weighted by molar-refractivity contribution is 0.427. The van der Waals surface area contributed by atoms with Crippen LogP contribution in [-0.2, 0) is 16.2 Å². The largest absolute Gasteiger partial charge is 0.456 e. The van der Waals surface area contributed by atoms with Crippen LogP contribution in [0.3, 0.4) is 0 Å². The third-order valence-electron chi connectivity index (χ3n) is 15.4. The Hall–Kier alpha value is -7.94. The number of para-hydroxylation sites is 2. The third-order valence-corrected chi connectivity index (χ3v) is 15.4. The van der Waals surface area contributed by atoms with Gasteiger partial charge in [-0.15, -0.1) is 0 Å². The minimum Gasteiger partial charge on any atom is -0.456 e. The Morgan fingerprint density at radius 2 is 0.910 bits per heavy atom. The van der Waals surface area contributed by atoms with Crippen molar-refractivity contribution in [2.24, 2.45) is 0 Å². The summed E-state index contributed by atoms with van der Waals surface area (Å²) in [5, 5.41) is 2.56. The molecule has 1 spiro atoms. The summed E-state index contributed by atoms with van der Waals surface area (Å²) < 4.78 is 7.20. The molecule has 1 aliphatic heterocycles. The second kappa shape index (κ2) is 14.5. The molecular formula is C65H49NO. The Morgan fingerprint density at radius 1 is 0.343 bits per heavy atom. The van der Waals surface area contributed by atoms with Crippen molar-refractivity contribution in [3.63, 3.8) is 0 Å². The van der Waals surface area contributed by atoms with Crippen molar-refractivity contribution in [2.75, 3.05) is 4.90 Å². The van der Waals surface area contributed by atoms with Crippen LogP contribution in [0.25, 0.3) is 44.2 Å². The summed E-state index contributed by atoms with van der Waals surface area (Å²) in [6.07, 6.45) is 0. The number of benzene rings is 10. The lowest BCUT2D eigenvalue weighted by Gasteiger charge is -2.50. The SMILES string of the molecule is CC1(C)c2ccccc2-c2ccc(N(c3ccc(-c4ccccc4)cc3)c3ccc(-c4cccc5c4Oc4ccccc4C54c5ccccc5C(C)(C)c5c4ccc4ccccc54)cc3)cc21. The van der Waals surface area contributed by atoms with Gasteiger partial charge in [0.15, 0.2) is 0 Å². The fourth-order valence-electron chi connectivity index (χ4n) is 12.3. The summed E-state index contributed by atoms with van der Waals surface area (Å²) in [6, 6.07) is 82.9. The van der Waals surface area contributed by atoms with Crippen molar-refractivity contribution in [3.8, 4) is 44.9 Å². The zero-order valence-electron chi connectivity index (χ0n) is 38.2. The lowest BCUT2D eigenvalue weighted by Crippen LogP contribution is -2.43. The Kier molecular flexibility index (Phi) is 8.55. The lowest BCUT2D eigenvalue weighted by atomic mass is 9.53. The zero-order chi connectivity index (χ0) is 45.1. The van der Waals surface area contributed by atoms with E-state index in [9.17, 15) is 0 Å². The predicted octanol–water partition coefficient (Wildman–Crippen LogP) is 17.1. The second-order valence-corrected chi connectivity index (χ2v) is 19.6. The van der Waals surface area contributed by atoms with Gasteiger partial charge in [0, 0.05) is 44.6 Å². The van der Waals surface area contributed by atoms with E-state index in [0.717, 1.165) is 45.3 Å². The van der Waals surface area contributed by atoms with Gasteiger partial charge in [-0.1, -0.05) is 210 Å². The van der Waals surface area contributed by atoms with Gasteiger partial charge in [-0.05, 0) is 114 Å². The summed E-state index contributed by atoms with van der Waals surface area (Å²) in [5.41, 5.74) is 19.9. The number of rotatable bonds is 5. The molecule has 13 rings (SSSR count). The van der Waals surface area contributed by atoms with Gasteiger partial charge < -0.3 is 9.64 Å². The molecule has 0 bridgehead atoms. The van der Waals surface area contributed by atoms with E-state index in [4.69, 9.17) is 4.74 Å². The molecule has 1 unspecified atom stereocenters. The minimum absolute atomic E-state index is 0.126. The summed E-state index contributed by atoms with van der Waals surface area (Å²) in [7, 11) is 0. The molecule has 0 fully saturated rings. The molecule has 1 heterocycles. The van der Waals surface area contributed by atoms with E-state index < -0.39 is 5.41 Å². The number of hydrogen-bond donors (Lipinski definition) is 0. The zero-order valence-corrected chi connectivity index (χ0v) is 38.2. The van der Waals surface area contributed by atoms with Crippen LogP contribution in [-0.4, -0.2) is 0 Å². The number of nitrogens with zero attached hydrogens (tertiary/aromatic N) is 1. The van der Waals surface area contributed by atoms with Gasteiger partial charge in [0.1, 0.15) is 11.5 Å². The van der Waals surface area contributed by atoms with Gasteiger partial charge in [0.25, 0.3) is 0 Å². The molecule has 2 nitrogen and oxygen atoms in total. The Morgan fingerprint density at radius 3 is 1.69 bits per heavy atom. The third kappa shape index (κ3) is 5.63. The van der Waals surface area contributed by atoms with E-state index in [0.29, 0.717) is 0 Å². The van der Waals surface area contributed by atoms with E-state index in [1.807, 2.05) is 0 Å². The number of hydrogen-bond acceptors (Lipinski definition) is 2. The molecule has 320 valence electrons. The molecule has 2 heteroatoms. The van der Waals surface area contributed by atoms with Gasteiger partial charge >= 0.3 is 0 Å². The van der Waals surface area contributed by atoms with Crippen LogP contribution >= 0.6 is 0 Å². The first-order valence-corrected chi connectivity index (χ1v) is 23.6. The van der Waals surface area contributed by atoms with E-state index in [-0.39, 0.29) is 10.8 Å². The van der Waals surface area contributed by atoms with Gasteiger partial charge in [0.05, 0.1) is 5.41 Å². The van der Waals surface area contributed by atoms with Crippen LogP contribution < -0.4 is 9.64 Å². The van der Waals surface area contributed by atoms with Crippen LogP contribution in [0.15, 0.2) is 224 Å². The first-order chi connectivity index (χ1) is 32.7. The quantitative estimate of drug-likeness (QED) is 0.171. The van der Waals surface area contributed by atoms with Crippen LogP contribution in [0.1, 0.15) is 72.2 Å². The molecule has 1 atom stereocenters. The van der Waals surface area contributed by atoms with Crippen LogP contribution in [0, 0.1) is 0 Å². The average molecular weight is 860 g/mol. The standard InChI is InChI=1S/C65H49NO/c1-63(2)53-23-11-10-21-51(53)52-39-38-48(41-59(52)63)66(46-34-29-43(30-35-46)42-17-6-5-7-18-42)47-36-31-45(32-37-47)50-22-16-27-58-62(50)67-60-28-15-14-26-56(60)65(58)55-25-13-12-24-54(55)64(3,4)61-49-20-9-8-19-44(49)33-40-57(61)65/h5-41H,1-4H3. The van der Waals surface area contributed by atoms with Crippen molar-refractivity contribution >= 4 is 27.8 Å². The number of fused-ring (bicyclic) bond motifs is 13. The highest BCUT2D eigenvalue weighted by Crippen LogP contribution is 2.63. The maximum absolute atomic E-state index is 7.20. The maximum atomic E-state index is 7.20. The summed E-state index contributed by atoms with van der Waals surface area (Å²) in [6.45, 7) is 9.51. The number of ether oxygens (including phenoxy) is 1. The highest BCUT2D eigenvalue weighted by atomic mass is 16.5. The van der Waals surface area contributed by atoms with Gasteiger partial charge in [-0.2, -0.15) is 0 Å². The van der Waals surface area contributed by atoms with E-state index in [1.54, 1.807) is 0 Å². The molecule has 0 saturated carbocycles. The van der Waals surface area contributed by atoms with Gasteiger partial charge in [0.2, 0.25) is 0 Å². The van der Waals surface area contributed by atoms with E-state index >= 15 is 0 Å². The Bertz CT molecular complexity index is 3600. The van der Waals surface area contributed by atoms with Crippen molar-refractivity contribution in [2.45, 2.75) is 43.9 Å². The molecular weight excluding hydrogens is 811 g/mol. The average Bonchev–Trinajstić information content (AvgIpc) is 3.60. The molecule has 0 saturated heterocycles. The van der Waals surface area contributed by atoms with Crippen LogP contribution in [0.4, 0.5) is 17.1 Å². The summed E-state index contributed by atoms with van der Waals surface area (Å²) in [5.74, 6) is 1.79. The Labute approximate surface area is 393 Å². The van der Waals surface area contributed by atoms with E-state index in [2.05, 4.69) is 257 Å². The highest BCUT2D eigenvalue weighted by Gasteiger charge is 2.53. The molecule has 3 aliphatic rings. The molecule has 67 heavy (non-hydrogen) atoms. The molecule has 2 aliphatic carbocycles. The maximum Gasteiger partial charge on any atom is 0.140 e. The fourth-order valence-corrected chi connectivity index (χ4v) is 12.3. The van der Waals surface area contributed by atoms with Crippen molar-refractivity contribution in [1.82, 2.24) is 0 Å². The molecule has 0 aromatic heterocycles. The smallest absolute Gasteiger partial charge is 0.140 e. The van der Waals surface area contributed by atoms with Crippen molar-refractivity contribution in [3.05, 3.63) is 269 Å². The molecule has 0 amide bonds. The minimum atomic E-state index is -0.616. The topological polar surface area (TPSA) is 12.5 Å².